The first-order valence-electron chi connectivity index (χ1n) is 9.29. The molecule has 0 rings (SSSR count). The second-order valence-electron chi connectivity index (χ2n) is 6.18. The molecule has 0 aromatic heterocycles. The van der Waals surface area contributed by atoms with Crippen LogP contribution in [0.1, 0.15) is 84.0 Å². The molecule has 0 N–H and O–H groups in total. The van der Waals surface area contributed by atoms with E-state index in [0.717, 1.165) is 25.9 Å². The highest BCUT2D eigenvalue weighted by atomic mass is 15.1. The molecular weight excluding hydrogens is 254 g/mol. The summed E-state index contributed by atoms with van der Waals surface area (Å²) in [6.45, 7) is 13.5. The molecule has 0 aliphatic rings. The van der Waals surface area contributed by atoms with Gasteiger partial charge in [-0.3, -0.25) is 0 Å². The van der Waals surface area contributed by atoms with E-state index in [1.807, 2.05) is 12.2 Å². The largest absolute Gasteiger partial charge is 0.303 e. The Kier molecular flexibility index (Phi) is 17.0. The molecule has 0 unspecified atom stereocenters. The van der Waals surface area contributed by atoms with Crippen molar-refractivity contribution in [3.8, 4) is 0 Å². The molecule has 0 aliphatic carbocycles. The molecule has 0 spiro atoms. The lowest BCUT2D eigenvalue weighted by Gasteiger charge is -2.20. The second kappa shape index (κ2) is 17.5. The molecule has 0 aromatic rings. The van der Waals surface area contributed by atoms with E-state index < -0.39 is 0 Å². The molecule has 0 radical (unpaired) electrons. The first-order chi connectivity index (χ1) is 10.3. The van der Waals surface area contributed by atoms with Crippen LogP contribution in [0.2, 0.25) is 0 Å². The summed E-state index contributed by atoms with van der Waals surface area (Å²) in [5.41, 5.74) is 0. The van der Waals surface area contributed by atoms with Gasteiger partial charge in [0.2, 0.25) is 0 Å². The minimum atomic E-state index is 1.11. The van der Waals surface area contributed by atoms with Gasteiger partial charge in [-0.05, 0) is 25.8 Å². The van der Waals surface area contributed by atoms with Gasteiger partial charge in [0.25, 0.3) is 0 Å². The maximum absolute atomic E-state index is 3.82. The predicted molar refractivity (Wildman–Crippen MR) is 97.9 cm³/mol. The summed E-state index contributed by atoms with van der Waals surface area (Å²) < 4.78 is 0. The van der Waals surface area contributed by atoms with Gasteiger partial charge in [-0.2, -0.15) is 0 Å². The Labute approximate surface area is 134 Å². The number of rotatable bonds is 17. The minimum Gasteiger partial charge on any atom is -0.303 e. The third-order valence-corrected chi connectivity index (χ3v) is 4.13. The zero-order valence-corrected chi connectivity index (χ0v) is 14.6. The molecule has 1 nitrogen and oxygen atoms in total. The van der Waals surface area contributed by atoms with Crippen LogP contribution in [0.5, 0.6) is 0 Å². The Balaban J connectivity index is 3.39. The van der Waals surface area contributed by atoms with Crippen molar-refractivity contribution in [1.82, 2.24) is 4.90 Å². The lowest BCUT2D eigenvalue weighted by Crippen LogP contribution is -2.26. The summed E-state index contributed by atoms with van der Waals surface area (Å²) >= 11 is 0. The van der Waals surface area contributed by atoms with Crippen molar-refractivity contribution in [1.29, 1.82) is 0 Å². The SMILES string of the molecule is C=CCCN(CCC=C)CCCCCCCCCCCC. The molecule has 21 heavy (non-hydrogen) atoms. The van der Waals surface area contributed by atoms with Crippen molar-refractivity contribution in [3.63, 3.8) is 0 Å². The van der Waals surface area contributed by atoms with Crippen molar-refractivity contribution >= 4 is 0 Å². The fourth-order valence-corrected chi connectivity index (χ4v) is 2.71. The van der Waals surface area contributed by atoms with Crippen LogP contribution in [0.25, 0.3) is 0 Å². The summed E-state index contributed by atoms with van der Waals surface area (Å²) in [5, 5.41) is 0. The monoisotopic (exact) mass is 293 g/mol. The third kappa shape index (κ3) is 15.6. The maximum atomic E-state index is 3.82. The summed E-state index contributed by atoms with van der Waals surface area (Å²) in [6, 6.07) is 0. The first kappa shape index (κ1) is 20.4. The number of hydrogen-bond acceptors (Lipinski definition) is 1. The van der Waals surface area contributed by atoms with Crippen molar-refractivity contribution < 1.29 is 0 Å². The Morgan fingerprint density at radius 2 is 1.05 bits per heavy atom. The van der Waals surface area contributed by atoms with Crippen LogP contribution in [0.4, 0.5) is 0 Å². The molecule has 0 aromatic carbocycles. The maximum Gasteiger partial charge on any atom is 0.00159 e. The van der Waals surface area contributed by atoms with E-state index in [4.69, 9.17) is 0 Å². The van der Waals surface area contributed by atoms with E-state index in [9.17, 15) is 0 Å². The lowest BCUT2D eigenvalue weighted by molar-refractivity contribution is 0.276. The first-order valence-corrected chi connectivity index (χ1v) is 9.29. The van der Waals surface area contributed by atoms with Gasteiger partial charge in [0.15, 0.2) is 0 Å². The van der Waals surface area contributed by atoms with Gasteiger partial charge in [-0.15, -0.1) is 13.2 Å². The molecule has 0 saturated heterocycles. The van der Waals surface area contributed by atoms with Crippen molar-refractivity contribution in [2.24, 2.45) is 0 Å². The van der Waals surface area contributed by atoms with E-state index in [1.54, 1.807) is 0 Å². The van der Waals surface area contributed by atoms with Gasteiger partial charge in [0, 0.05) is 13.1 Å². The molecule has 0 fully saturated rings. The van der Waals surface area contributed by atoms with Crippen LogP contribution in [0.3, 0.4) is 0 Å². The minimum absolute atomic E-state index is 1.11. The van der Waals surface area contributed by atoms with Gasteiger partial charge in [-0.1, -0.05) is 76.9 Å². The highest BCUT2D eigenvalue weighted by molar-refractivity contribution is 4.73. The molecule has 124 valence electrons. The van der Waals surface area contributed by atoms with Crippen LogP contribution in [0.15, 0.2) is 25.3 Å². The van der Waals surface area contributed by atoms with E-state index in [2.05, 4.69) is 25.0 Å². The average Bonchev–Trinajstić information content (AvgIpc) is 2.51. The van der Waals surface area contributed by atoms with E-state index in [1.165, 1.54) is 70.8 Å². The van der Waals surface area contributed by atoms with Crippen LogP contribution in [0, 0.1) is 0 Å². The number of unbranched alkanes of at least 4 members (excludes halogenated alkanes) is 9. The van der Waals surface area contributed by atoms with Gasteiger partial charge >= 0.3 is 0 Å². The summed E-state index contributed by atoms with van der Waals surface area (Å²) in [4.78, 5) is 2.56. The Hall–Kier alpha value is -0.560. The highest BCUT2D eigenvalue weighted by Crippen LogP contribution is 2.11. The molecule has 0 aliphatic heterocycles. The summed E-state index contributed by atoms with van der Waals surface area (Å²) in [5.74, 6) is 0. The normalized spacial score (nSPS) is 11.0. The Morgan fingerprint density at radius 1 is 0.619 bits per heavy atom. The van der Waals surface area contributed by atoms with E-state index >= 15 is 0 Å². The van der Waals surface area contributed by atoms with E-state index in [-0.39, 0.29) is 0 Å². The highest BCUT2D eigenvalue weighted by Gasteiger charge is 2.02. The molecule has 0 amide bonds. The predicted octanol–water partition coefficient (Wildman–Crippen LogP) is 6.36. The van der Waals surface area contributed by atoms with Crippen LogP contribution < -0.4 is 0 Å². The van der Waals surface area contributed by atoms with Crippen molar-refractivity contribution in [3.05, 3.63) is 25.3 Å². The van der Waals surface area contributed by atoms with E-state index in [0.29, 0.717) is 0 Å². The summed E-state index contributed by atoms with van der Waals surface area (Å²) in [6.07, 6.45) is 20.4. The fourth-order valence-electron chi connectivity index (χ4n) is 2.71. The second-order valence-corrected chi connectivity index (χ2v) is 6.18. The molecule has 0 saturated carbocycles. The molecule has 1 heteroatoms. The van der Waals surface area contributed by atoms with Crippen LogP contribution in [-0.4, -0.2) is 24.5 Å². The number of hydrogen-bond donors (Lipinski definition) is 0. The molecule has 0 heterocycles. The van der Waals surface area contributed by atoms with Crippen LogP contribution >= 0.6 is 0 Å². The quantitative estimate of drug-likeness (QED) is 0.223. The van der Waals surface area contributed by atoms with Gasteiger partial charge in [0.05, 0.1) is 0 Å². The Bertz CT molecular complexity index is 210. The zero-order chi connectivity index (χ0) is 15.6. The van der Waals surface area contributed by atoms with Gasteiger partial charge < -0.3 is 4.90 Å². The molecular formula is C20H39N. The standard InChI is InChI=1S/C20H39N/c1-4-7-10-11-12-13-14-15-16-17-20-21(18-8-5-2)19-9-6-3/h5-6H,2-4,7-20H2,1H3. The average molecular weight is 294 g/mol. The van der Waals surface area contributed by atoms with Gasteiger partial charge in [0.1, 0.15) is 0 Å². The van der Waals surface area contributed by atoms with Crippen molar-refractivity contribution in [2.45, 2.75) is 84.0 Å². The lowest BCUT2D eigenvalue weighted by atomic mass is 10.1. The van der Waals surface area contributed by atoms with Crippen LogP contribution in [-0.2, 0) is 0 Å². The number of nitrogens with zero attached hydrogens (tertiary/aromatic N) is 1. The third-order valence-electron chi connectivity index (χ3n) is 4.13. The van der Waals surface area contributed by atoms with Crippen molar-refractivity contribution in [2.75, 3.05) is 19.6 Å². The molecule has 0 bridgehead atoms. The zero-order valence-electron chi connectivity index (χ0n) is 14.6. The summed E-state index contributed by atoms with van der Waals surface area (Å²) in [7, 11) is 0. The fraction of sp³-hybridized carbons (Fsp3) is 0.800. The Morgan fingerprint density at radius 3 is 1.48 bits per heavy atom. The topological polar surface area (TPSA) is 3.24 Å². The van der Waals surface area contributed by atoms with Gasteiger partial charge in [-0.25, -0.2) is 0 Å². The molecule has 0 atom stereocenters. The smallest absolute Gasteiger partial charge is 0.00159 e.